The van der Waals surface area contributed by atoms with Gasteiger partial charge in [0, 0.05) is 38.4 Å². The Bertz CT molecular complexity index is 3520. The van der Waals surface area contributed by atoms with E-state index in [4.69, 9.17) is 34.1 Å². The van der Waals surface area contributed by atoms with Crippen molar-refractivity contribution in [1.82, 2.24) is 8.47 Å². The fourth-order valence-corrected chi connectivity index (χ4v) is 13.1. The van der Waals surface area contributed by atoms with E-state index < -0.39 is 27.0 Å². The molecule has 348 valence electrons. The lowest BCUT2D eigenvalue weighted by molar-refractivity contribution is -0.145. The van der Waals surface area contributed by atoms with Gasteiger partial charge < -0.3 is 24.2 Å². The largest absolute Gasteiger partial charge is 0.509 e. The Balaban J connectivity index is 1.48. The first kappa shape index (κ1) is 44.9. The highest BCUT2D eigenvalue weighted by Crippen LogP contribution is 2.47. The van der Waals surface area contributed by atoms with Gasteiger partial charge in [-0.3, -0.25) is 13.8 Å². The summed E-state index contributed by atoms with van der Waals surface area (Å²) in [6.45, 7) is 25.6. The van der Waals surface area contributed by atoms with E-state index in [9.17, 15) is 20.4 Å². The molecule has 4 aliphatic heterocycles. The number of hydrogen-bond donors (Lipinski definition) is 1. The van der Waals surface area contributed by atoms with Gasteiger partial charge in [-0.05, 0) is 67.5 Å². The zero-order valence-corrected chi connectivity index (χ0v) is 42.1. The van der Waals surface area contributed by atoms with E-state index in [0.717, 1.165) is 33.4 Å². The second kappa shape index (κ2) is 14.8. The predicted octanol–water partition coefficient (Wildman–Crippen LogP) is 10.6. The molecule has 0 saturated carbocycles. The first-order chi connectivity index (χ1) is 31.8. The zero-order chi connectivity index (χ0) is 48.8. The topological polar surface area (TPSA) is 168 Å². The van der Waals surface area contributed by atoms with Crippen molar-refractivity contribution in [3.05, 3.63) is 139 Å². The Morgan fingerprint density at radius 2 is 1.01 bits per heavy atom. The lowest BCUT2D eigenvalue weighted by atomic mass is 9.85. The standard InChI is InChI=1S/C54H57N8O5Si/c1-51(2,3)28-16-20-34-36(24-28)43(55)61-47(34)60-46-38-26-30(53(7,8)9)15-19-33(38)44(57-46)58-49-39-27-31(54(10,11)12)17-21-35(39)48-59-45-37-25-29(52(4,5)6)14-18-32(37)42(56-45)50(65)68(61,62(48)49)67-41(64)23-22-40(63)66-13/h14-21,24-27H,22-23H2,1-13H3,(H2-,55,56,57,58,59,60,65)/q-1. The Kier molecular flexibility index (Phi) is 9.76. The Morgan fingerprint density at radius 3 is 1.60 bits per heavy atom. The van der Waals surface area contributed by atoms with Crippen LogP contribution in [0.15, 0.2) is 103 Å². The molecule has 4 aromatic carbocycles. The average molecular weight is 926 g/mol. The summed E-state index contributed by atoms with van der Waals surface area (Å²) < 4.78 is 15.4. The summed E-state index contributed by atoms with van der Waals surface area (Å²) in [5.74, 6) is -0.139. The second-order valence-corrected chi connectivity index (χ2v) is 25.2. The van der Waals surface area contributed by atoms with Crippen LogP contribution in [-0.2, 0) is 40.4 Å². The smallest absolute Gasteiger partial charge is 0.459 e. The molecule has 68 heavy (non-hydrogen) atoms. The molecule has 4 aliphatic rings. The van der Waals surface area contributed by atoms with Gasteiger partial charge in [0.15, 0.2) is 22.9 Å². The summed E-state index contributed by atoms with van der Waals surface area (Å²) in [7, 11) is -3.83. The molecule has 2 N–H and O–H groups in total. The van der Waals surface area contributed by atoms with Crippen LogP contribution < -0.4 is 11.0 Å². The van der Waals surface area contributed by atoms with E-state index in [1.807, 2.05) is 42.5 Å². The van der Waals surface area contributed by atoms with E-state index in [2.05, 4.69) is 113 Å². The van der Waals surface area contributed by atoms with Crippen LogP contribution >= 0.6 is 0 Å². The summed E-state index contributed by atoms with van der Waals surface area (Å²) >= 11 is 0. The minimum atomic E-state index is -5.09. The summed E-state index contributed by atoms with van der Waals surface area (Å²) in [5, 5.41) is 15.9. The van der Waals surface area contributed by atoms with Crippen LogP contribution in [0.1, 0.15) is 140 Å². The maximum Gasteiger partial charge on any atom is 0.459 e. The van der Waals surface area contributed by atoms with Crippen LogP contribution in [0.2, 0.25) is 0 Å². The Hall–Kier alpha value is -6.93. The van der Waals surface area contributed by atoms with Gasteiger partial charge in [0.2, 0.25) is 0 Å². The van der Waals surface area contributed by atoms with Crippen molar-refractivity contribution in [1.29, 1.82) is 0 Å². The van der Waals surface area contributed by atoms with Gasteiger partial charge in [-0.25, -0.2) is 25.0 Å². The molecule has 10 rings (SSSR count). The van der Waals surface area contributed by atoms with Crippen LogP contribution in [0.5, 0.6) is 0 Å². The number of methoxy groups -OCH3 is 1. The minimum absolute atomic E-state index is 0.0624. The summed E-state index contributed by atoms with van der Waals surface area (Å²) in [6.07, 6.45) is -0.680. The molecular formula is C54H57N8O5Si-. The number of ether oxygens (including phenoxy) is 1. The molecule has 0 spiro atoms. The number of amidine groups is 3. The lowest BCUT2D eigenvalue weighted by Gasteiger charge is -2.39. The molecule has 6 aromatic rings. The van der Waals surface area contributed by atoms with Crippen molar-refractivity contribution >= 4 is 77.0 Å². The number of fused-ring (bicyclic) bond motifs is 15. The first-order valence-corrected chi connectivity index (χ1v) is 24.9. The quantitative estimate of drug-likeness (QED) is 0.137. The third-order valence-corrected chi connectivity index (χ3v) is 17.0. The predicted molar refractivity (Wildman–Crippen MR) is 271 cm³/mol. The number of carbonyl (C=O) groups is 2. The third kappa shape index (κ3) is 6.81. The number of aliphatic imine (C=N–C) groups is 3. The van der Waals surface area contributed by atoms with Crippen molar-refractivity contribution in [3.8, 4) is 0 Å². The number of nitrogens with zero attached hydrogens (tertiary/aromatic N) is 7. The van der Waals surface area contributed by atoms with Gasteiger partial charge in [0.1, 0.15) is 16.7 Å². The number of aliphatic hydroxyl groups is 1. The molecule has 6 heterocycles. The fraction of sp³-hybridized carbons (Fsp3) is 0.352. The van der Waals surface area contributed by atoms with Gasteiger partial charge >= 0.3 is 14.6 Å². The number of carbonyl (C=O) groups excluding carboxylic acids is 2. The monoisotopic (exact) mass is 925 g/mol. The van der Waals surface area contributed by atoms with Crippen LogP contribution in [0.3, 0.4) is 0 Å². The van der Waals surface area contributed by atoms with Gasteiger partial charge in [0.25, 0.3) is 5.97 Å². The normalized spacial score (nSPS) is 19.3. The lowest BCUT2D eigenvalue weighted by Crippen LogP contribution is -2.64. The van der Waals surface area contributed by atoms with Crippen LogP contribution in [0, 0.1) is 0 Å². The molecule has 1 atom stereocenters. The molecular weight excluding hydrogens is 869 g/mol. The number of aromatic nitrogens is 2. The Morgan fingerprint density at radius 1 is 0.544 bits per heavy atom. The zero-order valence-electron chi connectivity index (χ0n) is 41.1. The molecule has 0 fully saturated rings. The molecule has 2 aromatic heterocycles. The number of nitrogens with one attached hydrogen (secondary N) is 1. The molecule has 1 unspecified atom stereocenters. The van der Waals surface area contributed by atoms with Crippen molar-refractivity contribution < 1.29 is 23.9 Å². The highest BCUT2D eigenvalue weighted by Gasteiger charge is 2.53. The fourth-order valence-electron chi connectivity index (χ4n) is 9.49. The summed E-state index contributed by atoms with van der Waals surface area (Å²) in [6, 6.07) is 24.3. The Labute approximate surface area is 396 Å². The number of aliphatic hydroxyl groups excluding tert-OH is 1. The maximum absolute atomic E-state index is 14.9. The molecule has 0 amide bonds. The van der Waals surface area contributed by atoms with Gasteiger partial charge in [-0.15, -0.1) is 0 Å². The third-order valence-electron chi connectivity index (χ3n) is 13.6. The number of rotatable bonds is 4. The van der Waals surface area contributed by atoms with E-state index in [-0.39, 0.29) is 50.8 Å². The summed E-state index contributed by atoms with van der Waals surface area (Å²) in [4.78, 5) is 54.4. The van der Waals surface area contributed by atoms with Crippen molar-refractivity contribution in [2.24, 2.45) is 25.0 Å². The SMILES string of the molecule is COC(=O)CCC(=O)O[Si]12/C(O)=C3\N=C(N=c4c5ccc(C(C)(C)C)cc5c(n41)=NC1=N/C(=N\c4c5ccc(C(C)(C)C)cc5c([NH-])n42)c2cc(C(C)(C)C)ccc21)c1cc(C(C)(C)C)ccc13. The van der Waals surface area contributed by atoms with Gasteiger partial charge in [-0.2, -0.15) is 0 Å². The van der Waals surface area contributed by atoms with Crippen molar-refractivity contribution in [2.75, 3.05) is 7.11 Å². The summed E-state index contributed by atoms with van der Waals surface area (Å²) in [5.41, 5.74) is 17.0. The highest BCUT2D eigenvalue weighted by molar-refractivity contribution is 6.81. The second-order valence-electron chi connectivity index (χ2n) is 22.4. The number of benzene rings is 4. The van der Waals surface area contributed by atoms with E-state index in [1.165, 1.54) is 7.11 Å². The van der Waals surface area contributed by atoms with Crippen LogP contribution in [0.25, 0.3) is 33.0 Å². The van der Waals surface area contributed by atoms with Gasteiger partial charge in [0.05, 0.1) is 25.8 Å². The average Bonchev–Trinajstić information content (AvgIpc) is 3.98. The van der Waals surface area contributed by atoms with Crippen LogP contribution in [0.4, 0.5) is 11.6 Å². The van der Waals surface area contributed by atoms with Crippen LogP contribution in [-0.4, -0.2) is 58.8 Å². The van der Waals surface area contributed by atoms with Crippen molar-refractivity contribution in [3.63, 3.8) is 0 Å². The highest BCUT2D eigenvalue weighted by atomic mass is 28.4. The molecule has 0 radical (unpaired) electrons. The maximum atomic E-state index is 14.9. The van der Waals surface area contributed by atoms with Crippen molar-refractivity contribution in [2.45, 2.75) is 118 Å². The van der Waals surface area contributed by atoms with Gasteiger partial charge in [-0.1, -0.05) is 144 Å². The minimum Gasteiger partial charge on any atom is -0.509 e. The number of esters is 1. The van der Waals surface area contributed by atoms with E-state index in [0.29, 0.717) is 61.2 Å². The molecule has 4 bridgehead atoms. The molecule has 0 saturated heterocycles. The molecule has 14 heteroatoms. The number of hydrogen-bond acceptors (Lipinski definition) is 10. The van der Waals surface area contributed by atoms with E-state index in [1.54, 1.807) is 8.47 Å². The molecule has 0 aliphatic carbocycles. The first-order valence-electron chi connectivity index (χ1n) is 23.1. The van der Waals surface area contributed by atoms with E-state index >= 15 is 0 Å². The molecule has 13 nitrogen and oxygen atoms in total.